The molecule has 0 radical (unpaired) electrons. The number of halogens is 1. The number of hydrogen-bond acceptors (Lipinski definition) is 3. The van der Waals surface area contributed by atoms with Gasteiger partial charge in [0.15, 0.2) is 0 Å². The van der Waals surface area contributed by atoms with Crippen LogP contribution in [0.25, 0.3) is 0 Å². The molecule has 0 aromatic heterocycles. The zero-order chi connectivity index (χ0) is 15.1. The van der Waals surface area contributed by atoms with E-state index in [2.05, 4.69) is 17.1 Å². The van der Waals surface area contributed by atoms with Crippen LogP contribution in [-0.4, -0.2) is 32.3 Å². The zero-order valence-electron chi connectivity index (χ0n) is 13.2. The van der Waals surface area contributed by atoms with Crippen molar-refractivity contribution in [3.8, 4) is 0 Å². The van der Waals surface area contributed by atoms with Crippen molar-refractivity contribution in [3.63, 3.8) is 0 Å². The molecule has 1 atom stereocenters. The molecule has 1 heterocycles. The van der Waals surface area contributed by atoms with Gasteiger partial charge in [0.05, 0.1) is 6.10 Å². The maximum absolute atomic E-state index is 14.1. The summed E-state index contributed by atoms with van der Waals surface area (Å²) in [6.45, 7) is 8.24. The Bertz CT molecular complexity index is 439. The maximum atomic E-state index is 14.1. The summed E-state index contributed by atoms with van der Waals surface area (Å²) < 4.78 is 20.0. The van der Waals surface area contributed by atoms with Gasteiger partial charge in [0.25, 0.3) is 0 Å². The van der Waals surface area contributed by atoms with Crippen LogP contribution in [0.15, 0.2) is 18.2 Å². The first kappa shape index (κ1) is 16.2. The summed E-state index contributed by atoms with van der Waals surface area (Å²) in [7, 11) is 0. The van der Waals surface area contributed by atoms with Gasteiger partial charge in [-0.2, -0.15) is 0 Å². The van der Waals surface area contributed by atoms with Crippen LogP contribution in [0, 0.1) is 5.82 Å². The Morgan fingerprint density at radius 2 is 2.24 bits per heavy atom. The van der Waals surface area contributed by atoms with Crippen LogP contribution in [0.4, 0.5) is 10.1 Å². The first-order valence-corrected chi connectivity index (χ1v) is 8.10. The second kappa shape index (κ2) is 8.35. The standard InChI is InChI=1S/C17H27FN2O/c1-3-11-21-14-7-6-10-20(13-14)17-9-5-8-16(18)15(17)12-19-4-2/h5,8-9,14,19H,3-4,6-7,10-13H2,1-2H3. The van der Waals surface area contributed by atoms with Crippen molar-refractivity contribution in [2.24, 2.45) is 0 Å². The minimum atomic E-state index is -0.120. The van der Waals surface area contributed by atoms with Gasteiger partial charge in [0.1, 0.15) is 5.82 Å². The molecule has 1 aromatic rings. The summed E-state index contributed by atoms with van der Waals surface area (Å²) in [5.41, 5.74) is 1.79. The summed E-state index contributed by atoms with van der Waals surface area (Å²) in [5.74, 6) is -0.120. The summed E-state index contributed by atoms with van der Waals surface area (Å²) in [5, 5.41) is 3.23. The Hall–Kier alpha value is -1.13. The molecule has 118 valence electrons. The van der Waals surface area contributed by atoms with Crippen molar-refractivity contribution in [2.75, 3.05) is 31.1 Å². The van der Waals surface area contributed by atoms with Crippen molar-refractivity contribution in [1.29, 1.82) is 0 Å². The molecule has 2 rings (SSSR count). The van der Waals surface area contributed by atoms with Gasteiger partial charge in [-0.3, -0.25) is 0 Å². The Morgan fingerprint density at radius 1 is 1.38 bits per heavy atom. The molecule has 21 heavy (non-hydrogen) atoms. The number of ether oxygens (including phenoxy) is 1. The van der Waals surface area contributed by atoms with Crippen molar-refractivity contribution in [1.82, 2.24) is 5.32 Å². The minimum Gasteiger partial charge on any atom is -0.376 e. The van der Waals surface area contributed by atoms with E-state index in [1.54, 1.807) is 12.1 Å². The van der Waals surface area contributed by atoms with Crippen LogP contribution in [0.5, 0.6) is 0 Å². The number of anilines is 1. The smallest absolute Gasteiger partial charge is 0.129 e. The van der Waals surface area contributed by atoms with Gasteiger partial charge in [0, 0.05) is 37.5 Å². The van der Waals surface area contributed by atoms with Crippen LogP contribution < -0.4 is 10.2 Å². The molecule has 1 saturated heterocycles. The molecular formula is C17H27FN2O. The predicted molar refractivity (Wildman–Crippen MR) is 85.3 cm³/mol. The van der Waals surface area contributed by atoms with E-state index in [0.717, 1.165) is 56.8 Å². The second-order valence-electron chi connectivity index (χ2n) is 5.60. The van der Waals surface area contributed by atoms with Gasteiger partial charge in [-0.05, 0) is 37.9 Å². The topological polar surface area (TPSA) is 24.5 Å². The zero-order valence-corrected chi connectivity index (χ0v) is 13.2. The van der Waals surface area contributed by atoms with Crippen LogP contribution in [-0.2, 0) is 11.3 Å². The third-order valence-electron chi connectivity index (χ3n) is 3.92. The highest BCUT2D eigenvalue weighted by atomic mass is 19.1. The normalized spacial score (nSPS) is 19.0. The average molecular weight is 294 g/mol. The van der Waals surface area contributed by atoms with Gasteiger partial charge >= 0.3 is 0 Å². The fraction of sp³-hybridized carbons (Fsp3) is 0.647. The lowest BCUT2D eigenvalue weighted by atomic mass is 10.0. The Labute approximate surface area is 127 Å². The highest BCUT2D eigenvalue weighted by Crippen LogP contribution is 2.27. The molecule has 0 saturated carbocycles. The lowest BCUT2D eigenvalue weighted by Gasteiger charge is -2.35. The highest BCUT2D eigenvalue weighted by molar-refractivity contribution is 5.54. The summed E-state index contributed by atoms with van der Waals surface area (Å²) in [6.07, 6.45) is 3.52. The van der Waals surface area contributed by atoms with Crippen LogP contribution in [0.3, 0.4) is 0 Å². The first-order chi connectivity index (χ1) is 10.3. The van der Waals surface area contributed by atoms with Crippen LogP contribution in [0.2, 0.25) is 0 Å². The third kappa shape index (κ3) is 4.42. The van der Waals surface area contributed by atoms with E-state index in [0.29, 0.717) is 6.54 Å². The lowest BCUT2D eigenvalue weighted by Crippen LogP contribution is -2.40. The predicted octanol–water partition coefficient (Wildman–Crippen LogP) is 3.33. The van der Waals surface area contributed by atoms with Gasteiger partial charge in [0.2, 0.25) is 0 Å². The lowest BCUT2D eigenvalue weighted by molar-refractivity contribution is 0.0440. The van der Waals surface area contributed by atoms with Crippen molar-refractivity contribution >= 4 is 5.69 Å². The van der Waals surface area contributed by atoms with Crippen LogP contribution >= 0.6 is 0 Å². The van der Waals surface area contributed by atoms with Crippen molar-refractivity contribution in [2.45, 2.75) is 45.8 Å². The van der Waals surface area contributed by atoms with Crippen molar-refractivity contribution in [3.05, 3.63) is 29.6 Å². The quantitative estimate of drug-likeness (QED) is 0.835. The molecule has 0 aliphatic carbocycles. The number of nitrogens with one attached hydrogen (secondary N) is 1. The van der Waals surface area contributed by atoms with Crippen LogP contribution in [0.1, 0.15) is 38.7 Å². The fourth-order valence-electron chi connectivity index (χ4n) is 2.85. The number of rotatable bonds is 7. The number of piperidine rings is 1. The van der Waals surface area contributed by atoms with E-state index in [4.69, 9.17) is 4.74 Å². The van der Waals surface area contributed by atoms with E-state index in [1.807, 2.05) is 13.0 Å². The van der Waals surface area contributed by atoms with E-state index in [1.165, 1.54) is 0 Å². The molecule has 1 aliphatic rings. The van der Waals surface area contributed by atoms with E-state index >= 15 is 0 Å². The van der Waals surface area contributed by atoms with Gasteiger partial charge < -0.3 is 15.0 Å². The third-order valence-corrected chi connectivity index (χ3v) is 3.92. The monoisotopic (exact) mass is 294 g/mol. The van der Waals surface area contributed by atoms with E-state index in [-0.39, 0.29) is 11.9 Å². The molecule has 0 amide bonds. The molecular weight excluding hydrogens is 267 g/mol. The molecule has 0 bridgehead atoms. The molecule has 1 fully saturated rings. The molecule has 1 unspecified atom stereocenters. The number of nitrogens with zero attached hydrogens (tertiary/aromatic N) is 1. The number of hydrogen-bond donors (Lipinski definition) is 1. The SMILES string of the molecule is CCCOC1CCCN(c2cccc(F)c2CNCC)C1. The first-order valence-electron chi connectivity index (χ1n) is 8.10. The molecule has 3 nitrogen and oxygen atoms in total. The van der Waals surface area contributed by atoms with Crippen molar-refractivity contribution < 1.29 is 9.13 Å². The van der Waals surface area contributed by atoms with Gasteiger partial charge in [-0.15, -0.1) is 0 Å². The molecule has 4 heteroatoms. The number of benzene rings is 1. The van der Waals surface area contributed by atoms with E-state index in [9.17, 15) is 4.39 Å². The Morgan fingerprint density at radius 3 is 3.00 bits per heavy atom. The summed E-state index contributed by atoms with van der Waals surface area (Å²) in [4.78, 5) is 2.28. The molecule has 1 aromatic carbocycles. The maximum Gasteiger partial charge on any atom is 0.129 e. The Balaban J connectivity index is 2.10. The van der Waals surface area contributed by atoms with Gasteiger partial charge in [-0.1, -0.05) is 19.9 Å². The molecule has 1 aliphatic heterocycles. The minimum absolute atomic E-state index is 0.120. The highest BCUT2D eigenvalue weighted by Gasteiger charge is 2.23. The summed E-state index contributed by atoms with van der Waals surface area (Å²) >= 11 is 0. The molecule has 0 spiro atoms. The van der Waals surface area contributed by atoms with Gasteiger partial charge in [-0.25, -0.2) is 4.39 Å². The molecule has 1 N–H and O–H groups in total. The summed E-state index contributed by atoms with van der Waals surface area (Å²) in [6, 6.07) is 5.37. The largest absolute Gasteiger partial charge is 0.376 e. The average Bonchev–Trinajstić information content (AvgIpc) is 2.52. The van der Waals surface area contributed by atoms with E-state index < -0.39 is 0 Å². The second-order valence-corrected chi connectivity index (χ2v) is 5.60. The fourth-order valence-corrected chi connectivity index (χ4v) is 2.85. The Kier molecular flexibility index (Phi) is 6.46.